The highest BCUT2D eigenvalue weighted by atomic mass is 28.3. The molecule has 0 aromatic heterocycles. The Bertz CT molecular complexity index is 162. The molecule has 0 atom stereocenters. The second kappa shape index (κ2) is 10.9. The lowest BCUT2D eigenvalue weighted by molar-refractivity contribution is 0.679. The summed E-state index contributed by atoms with van der Waals surface area (Å²) >= 11 is 0. The van der Waals surface area contributed by atoms with Gasteiger partial charge in [-0.2, -0.15) is 0 Å². The number of hydrogen-bond acceptors (Lipinski definition) is 0. The Hall–Kier alpha value is -0.223. The average molecular weight is 209 g/mol. The summed E-state index contributed by atoms with van der Waals surface area (Å²) in [7, 11) is -0.00670. The van der Waals surface area contributed by atoms with Crippen LogP contribution in [0.3, 0.4) is 0 Å². The van der Waals surface area contributed by atoms with Crippen LogP contribution in [-0.2, 0) is 0 Å². The Morgan fingerprint density at radius 3 is 2.07 bits per heavy atom. The van der Waals surface area contributed by atoms with Gasteiger partial charge in [-0.05, 0) is 12.8 Å². The molecule has 1 heteroatoms. The van der Waals surface area contributed by atoms with Gasteiger partial charge in [0.1, 0.15) is 0 Å². The highest BCUT2D eigenvalue weighted by Gasteiger charge is 1.92. The third-order valence-electron chi connectivity index (χ3n) is 2.26. The van der Waals surface area contributed by atoms with Crippen molar-refractivity contribution in [3.63, 3.8) is 0 Å². The molecule has 1 radical (unpaired) electrons. The molecule has 0 unspecified atom stereocenters. The van der Waals surface area contributed by atoms with E-state index in [1.54, 1.807) is 0 Å². The zero-order valence-electron chi connectivity index (χ0n) is 10.2. The fourth-order valence-corrected chi connectivity index (χ4v) is 2.23. The largest absolute Gasteiger partial charge is 0.103 e. The SMILES string of the molecule is CCCCCCC#CCCC[Si](C)C. The van der Waals surface area contributed by atoms with E-state index < -0.39 is 0 Å². The molecule has 0 nitrogen and oxygen atoms in total. The average Bonchev–Trinajstić information content (AvgIpc) is 2.15. The van der Waals surface area contributed by atoms with Crippen molar-refractivity contribution < 1.29 is 0 Å². The number of unbranched alkanes of at least 4 members (excludes halogenated alkanes) is 5. The Balaban J connectivity index is 3.10. The molecule has 0 fully saturated rings. The summed E-state index contributed by atoms with van der Waals surface area (Å²) in [6, 6.07) is 1.43. The van der Waals surface area contributed by atoms with E-state index in [-0.39, 0.29) is 8.80 Å². The minimum Gasteiger partial charge on any atom is -0.103 e. The van der Waals surface area contributed by atoms with Crippen LogP contribution in [0.1, 0.15) is 51.9 Å². The Kier molecular flexibility index (Phi) is 10.7. The van der Waals surface area contributed by atoms with Crippen molar-refractivity contribution in [2.75, 3.05) is 0 Å². The van der Waals surface area contributed by atoms with E-state index in [2.05, 4.69) is 31.9 Å². The second-order valence-electron chi connectivity index (χ2n) is 4.22. The molecule has 0 spiro atoms. The Labute approximate surface area is 92.1 Å². The van der Waals surface area contributed by atoms with Crippen molar-refractivity contribution in [2.24, 2.45) is 0 Å². The highest BCUT2D eigenvalue weighted by molar-refractivity contribution is 6.55. The van der Waals surface area contributed by atoms with Crippen LogP contribution in [0.25, 0.3) is 0 Å². The summed E-state index contributed by atoms with van der Waals surface area (Å²) in [6.45, 7) is 7.01. The number of rotatable bonds is 7. The first kappa shape index (κ1) is 13.8. The molecular weight excluding hydrogens is 184 g/mol. The smallest absolute Gasteiger partial charge is 0.0413 e. The monoisotopic (exact) mass is 209 g/mol. The van der Waals surface area contributed by atoms with Gasteiger partial charge >= 0.3 is 0 Å². The maximum Gasteiger partial charge on any atom is 0.0413 e. The molecule has 0 saturated heterocycles. The second-order valence-corrected chi connectivity index (χ2v) is 7.14. The van der Waals surface area contributed by atoms with E-state index in [1.807, 2.05) is 0 Å². The Morgan fingerprint density at radius 1 is 0.857 bits per heavy atom. The summed E-state index contributed by atoms with van der Waals surface area (Å²) in [6.07, 6.45) is 8.94. The lowest BCUT2D eigenvalue weighted by atomic mass is 10.1. The maximum atomic E-state index is 3.28. The fourth-order valence-electron chi connectivity index (χ4n) is 1.35. The first-order chi connectivity index (χ1) is 6.77. The van der Waals surface area contributed by atoms with E-state index in [9.17, 15) is 0 Å². The van der Waals surface area contributed by atoms with Gasteiger partial charge < -0.3 is 0 Å². The topological polar surface area (TPSA) is 0 Å². The Morgan fingerprint density at radius 2 is 1.50 bits per heavy atom. The first-order valence-electron chi connectivity index (χ1n) is 6.02. The van der Waals surface area contributed by atoms with Crippen LogP contribution in [0, 0.1) is 11.8 Å². The summed E-state index contributed by atoms with van der Waals surface area (Å²) < 4.78 is 0. The summed E-state index contributed by atoms with van der Waals surface area (Å²) in [5, 5.41) is 0. The van der Waals surface area contributed by atoms with E-state index in [0.29, 0.717) is 0 Å². The fraction of sp³-hybridized carbons (Fsp3) is 0.846. The van der Waals surface area contributed by atoms with Crippen LogP contribution in [0.2, 0.25) is 19.1 Å². The van der Waals surface area contributed by atoms with E-state index in [1.165, 1.54) is 38.1 Å². The van der Waals surface area contributed by atoms with Crippen molar-refractivity contribution in [1.29, 1.82) is 0 Å². The van der Waals surface area contributed by atoms with Crippen molar-refractivity contribution in [1.82, 2.24) is 0 Å². The van der Waals surface area contributed by atoms with E-state index >= 15 is 0 Å². The minimum atomic E-state index is -0.00670. The van der Waals surface area contributed by atoms with Gasteiger partial charge in [0.2, 0.25) is 0 Å². The van der Waals surface area contributed by atoms with Crippen LogP contribution in [0.4, 0.5) is 0 Å². The molecule has 0 N–H and O–H groups in total. The standard InChI is InChI=1S/C13H25Si/c1-4-5-6-7-8-9-10-11-12-13-14(2)3/h4-8,11-13H2,1-3H3. The molecule has 0 aromatic rings. The molecule has 0 bridgehead atoms. The van der Waals surface area contributed by atoms with Crippen LogP contribution >= 0.6 is 0 Å². The molecule has 0 saturated carbocycles. The van der Waals surface area contributed by atoms with Gasteiger partial charge in [0.05, 0.1) is 0 Å². The van der Waals surface area contributed by atoms with Crippen molar-refractivity contribution >= 4 is 8.80 Å². The first-order valence-corrected chi connectivity index (χ1v) is 8.72. The molecule has 0 aliphatic rings. The van der Waals surface area contributed by atoms with Gasteiger partial charge in [-0.3, -0.25) is 0 Å². The molecule has 0 aliphatic carbocycles. The molecule has 0 heterocycles. The number of hydrogen-bond donors (Lipinski definition) is 0. The van der Waals surface area contributed by atoms with Crippen LogP contribution < -0.4 is 0 Å². The van der Waals surface area contributed by atoms with Gasteiger partial charge in [-0.25, -0.2) is 0 Å². The summed E-state index contributed by atoms with van der Waals surface area (Å²) in [5.41, 5.74) is 0. The van der Waals surface area contributed by atoms with Gasteiger partial charge in [0.15, 0.2) is 0 Å². The molecule has 81 valence electrons. The zero-order chi connectivity index (χ0) is 10.6. The summed E-state index contributed by atoms with van der Waals surface area (Å²) in [5.74, 6) is 6.56. The molecular formula is C13H25Si. The van der Waals surface area contributed by atoms with Crippen molar-refractivity contribution in [2.45, 2.75) is 71.0 Å². The third-order valence-corrected chi connectivity index (χ3v) is 3.61. The van der Waals surface area contributed by atoms with Crippen LogP contribution in [0.5, 0.6) is 0 Å². The van der Waals surface area contributed by atoms with Crippen molar-refractivity contribution in [3.8, 4) is 11.8 Å². The van der Waals surface area contributed by atoms with Gasteiger partial charge in [-0.15, -0.1) is 11.8 Å². The highest BCUT2D eigenvalue weighted by Crippen LogP contribution is 2.02. The summed E-state index contributed by atoms with van der Waals surface area (Å²) in [4.78, 5) is 0. The lowest BCUT2D eigenvalue weighted by Crippen LogP contribution is -1.97. The minimum absolute atomic E-state index is 0.00670. The quantitative estimate of drug-likeness (QED) is 0.329. The lowest BCUT2D eigenvalue weighted by Gasteiger charge is -1.97. The molecule has 0 amide bonds. The predicted octanol–water partition coefficient (Wildman–Crippen LogP) is 4.49. The van der Waals surface area contributed by atoms with Gasteiger partial charge in [0.25, 0.3) is 0 Å². The predicted molar refractivity (Wildman–Crippen MR) is 68.1 cm³/mol. The zero-order valence-corrected chi connectivity index (χ0v) is 11.2. The molecule has 14 heavy (non-hydrogen) atoms. The molecule has 0 aromatic carbocycles. The van der Waals surface area contributed by atoms with Crippen molar-refractivity contribution in [3.05, 3.63) is 0 Å². The van der Waals surface area contributed by atoms with E-state index in [4.69, 9.17) is 0 Å². The van der Waals surface area contributed by atoms with E-state index in [0.717, 1.165) is 12.8 Å². The maximum absolute atomic E-state index is 3.28. The van der Waals surface area contributed by atoms with Gasteiger partial charge in [0, 0.05) is 21.6 Å². The van der Waals surface area contributed by atoms with Crippen LogP contribution in [0.15, 0.2) is 0 Å². The van der Waals surface area contributed by atoms with Crippen LogP contribution in [-0.4, -0.2) is 8.80 Å². The normalized spacial score (nSPS) is 10.0. The third kappa shape index (κ3) is 11.8. The van der Waals surface area contributed by atoms with Gasteiger partial charge in [-0.1, -0.05) is 45.3 Å². The molecule has 0 aliphatic heterocycles. The molecule has 0 rings (SSSR count).